The first kappa shape index (κ1) is 14.4. The summed E-state index contributed by atoms with van der Waals surface area (Å²) in [5, 5.41) is 0. The van der Waals surface area contributed by atoms with Crippen LogP contribution >= 0.6 is 0 Å². The van der Waals surface area contributed by atoms with Crippen molar-refractivity contribution in [3.63, 3.8) is 0 Å². The Bertz CT molecular complexity index is 472. The summed E-state index contributed by atoms with van der Waals surface area (Å²) in [7, 11) is 0. The van der Waals surface area contributed by atoms with Gasteiger partial charge in [0.05, 0.1) is 6.10 Å². The summed E-state index contributed by atoms with van der Waals surface area (Å²) in [5.41, 5.74) is 6.83. The summed E-state index contributed by atoms with van der Waals surface area (Å²) in [5.74, 6) is 0.138. The van der Waals surface area contributed by atoms with Crippen LogP contribution in [0.5, 0.6) is 0 Å². The number of amides is 1. The van der Waals surface area contributed by atoms with Crippen LogP contribution in [0.4, 0.5) is 5.69 Å². The van der Waals surface area contributed by atoms with E-state index in [0.29, 0.717) is 6.54 Å². The Balaban J connectivity index is 1.53. The van der Waals surface area contributed by atoms with Crippen molar-refractivity contribution in [2.24, 2.45) is 5.73 Å². The van der Waals surface area contributed by atoms with Crippen molar-refractivity contribution in [2.75, 3.05) is 37.6 Å². The maximum absolute atomic E-state index is 12.4. The Labute approximate surface area is 125 Å². The Morgan fingerprint density at radius 2 is 1.86 bits per heavy atom. The number of anilines is 1. The number of piperazine rings is 1. The maximum atomic E-state index is 12.4. The summed E-state index contributed by atoms with van der Waals surface area (Å²) in [6.45, 7) is 3.79. The standard InChI is InChI=1S/C16H23N3O2/c17-12-14-6-7-15(21-14)16(20)19-10-8-18(9-11-19)13-4-2-1-3-5-13/h1-5,14-15H,6-12,17H2/t14-,15+/m1/s1. The first-order valence-corrected chi connectivity index (χ1v) is 7.72. The fraction of sp³-hybridized carbons (Fsp3) is 0.562. The van der Waals surface area contributed by atoms with E-state index in [2.05, 4.69) is 17.0 Å². The topological polar surface area (TPSA) is 58.8 Å². The second-order valence-corrected chi connectivity index (χ2v) is 5.71. The zero-order valence-electron chi connectivity index (χ0n) is 12.3. The van der Waals surface area contributed by atoms with E-state index >= 15 is 0 Å². The predicted octanol–water partition coefficient (Wildman–Crippen LogP) is 0.841. The first-order valence-electron chi connectivity index (χ1n) is 7.72. The van der Waals surface area contributed by atoms with Crippen LogP contribution < -0.4 is 10.6 Å². The molecule has 0 spiro atoms. The van der Waals surface area contributed by atoms with Gasteiger partial charge in [-0.05, 0) is 25.0 Å². The summed E-state index contributed by atoms with van der Waals surface area (Å²) in [6, 6.07) is 10.3. The minimum absolute atomic E-state index is 0.0598. The molecule has 5 heteroatoms. The molecule has 2 heterocycles. The van der Waals surface area contributed by atoms with Gasteiger partial charge in [-0.15, -0.1) is 0 Å². The van der Waals surface area contributed by atoms with Crippen molar-refractivity contribution in [2.45, 2.75) is 25.0 Å². The van der Waals surface area contributed by atoms with Crippen LogP contribution in [0.3, 0.4) is 0 Å². The van der Waals surface area contributed by atoms with Crippen molar-refractivity contribution >= 4 is 11.6 Å². The van der Waals surface area contributed by atoms with Crippen molar-refractivity contribution in [1.82, 2.24) is 4.90 Å². The third kappa shape index (κ3) is 3.19. The van der Waals surface area contributed by atoms with Crippen LogP contribution in [-0.2, 0) is 9.53 Å². The van der Waals surface area contributed by atoms with Crippen molar-refractivity contribution in [3.8, 4) is 0 Å². The highest BCUT2D eigenvalue weighted by Gasteiger charge is 2.34. The van der Waals surface area contributed by atoms with Crippen LogP contribution in [0.25, 0.3) is 0 Å². The highest BCUT2D eigenvalue weighted by atomic mass is 16.5. The first-order chi connectivity index (χ1) is 10.3. The number of nitrogens with zero attached hydrogens (tertiary/aromatic N) is 2. The molecule has 5 nitrogen and oxygen atoms in total. The lowest BCUT2D eigenvalue weighted by atomic mass is 10.1. The van der Waals surface area contributed by atoms with E-state index < -0.39 is 0 Å². The molecule has 0 aliphatic carbocycles. The lowest BCUT2D eigenvalue weighted by Crippen LogP contribution is -2.51. The number of ether oxygens (including phenoxy) is 1. The molecule has 0 aromatic heterocycles. The second kappa shape index (κ2) is 6.45. The molecule has 2 aliphatic rings. The number of carbonyl (C=O) groups is 1. The summed E-state index contributed by atoms with van der Waals surface area (Å²) < 4.78 is 5.71. The second-order valence-electron chi connectivity index (χ2n) is 5.71. The van der Waals surface area contributed by atoms with Crippen molar-refractivity contribution < 1.29 is 9.53 Å². The third-order valence-electron chi connectivity index (χ3n) is 4.36. The van der Waals surface area contributed by atoms with Crippen LogP contribution in [-0.4, -0.2) is 55.7 Å². The number of carbonyl (C=O) groups excluding carboxylic acids is 1. The number of hydrogen-bond acceptors (Lipinski definition) is 4. The fourth-order valence-corrected chi connectivity index (χ4v) is 3.09. The van der Waals surface area contributed by atoms with Gasteiger partial charge >= 0.3 is 0 Å². The molecule has 2 atom stereocenters. The van der Waals surface area contributed by atoms with E-state index in [9.17, 15) is 4.79 Å². The van der Waals surface area contributed by atoms with Gasteiger partial charge in [0, 0.05) is 38.4 Å². The molecule has 2 aliphatic heterocycles. The lowest BCUT2D eigenvalue weighted by molar-refractivity contribution is -0.143. The molecule has 114 valence electrons. The summed E-state index contributed by atoms with van der Waals surface area (Å²) in [4.78, 5) is 16.7. The zero-order valence-corrected chi connectivity index (χ0v) is 12.3. The van der Waals surface area contributed by atoms with E-state index in [0.717, 1.165) is 39.0 Å². The minimum atomic E-state index is -0.276. The number of nitrogens with two attached hydrogens (primary N) is 1. The van der Waals surface area contributed by atoms with Crippen LogP contribution in [0.2, 0.25) is 0 Å². The number of benzene rings is 1. The minimum Gasteiger partial charge on any atom is -0.368 e. The normalized spacial score (nSPS) is 26.1. The van der Waals surface area contributed by atoms with Gasteiger partial charge in [0.1, 0.15) is 6.10 Å². The van der Waals surface area contributed by atoms with Gasteiger partial charge in [-0.3, -0.25) is 4.79 Å². The van der Waals surface area contributed by atoms with E-state index in [1.165, 1.54) is 5.69 Å². The molecule has 1 amide bonds. The molecule has 0 saturated carbocycles. The molecular formula is C16H23N3O2. The SMILES string of the molecule is NC[C@H]1CC[C@@H](C(=O)N2CCN(c3ccccc3)CC2)O1. The van der Waals surface area contributed by atoms with E-state index in [4.69, 9.17) is 10.5 Å². The Morgan fingerprint density at radius 1 is 1.14 bits per heavy atom. The number of rotatable bonds is 3. The van der Waals surface area contributed by atoms with Crippen LogP contribution in [0.1, 0.15) is 12.8 Å². The van der Waals surface area contributed by atoms with Gasteiger partial charge in [0.2, 0.25) is 0 Å². The molecule has 21 heavy (non-hydrogen) atoms. The van der Waals surface area contributed by atoms with Gasteiger partial charge in [-0.25, -0.2) is 0 Å². The Morgan fingerprint density at radius 3 is 2.48 bits per heavy atom. The molecule has 2 saturated heterocycles. The molecule has 1 aromatic rings. The van der Waals surface area contributed by atoms with Gasteiger partial charge in [0.15, 0.2) is 0 Å². The van der Waals surface area contributed by atoms with Crippen LogP contribution in [0.15, 0.2) is 30.3 Å². The van der Waals surface area contributed by atoms with Gasteiger partial charge < -0.3 is 20.3 Å². The maximum Gasteiger partial charge on any atom is 0.251 e. The monoisotopic (exact) mass is 289 g/mol. The molecule has 0 unspecified atom stereocenters. The number of para-hydroxylation sites is 1. The Hall–Kier alpha value is -1.59. The number of hydrogen-bond donors (Lipinski definition) is 1. The molecule has 2 fully saturated rings. The molecule has 0 radical (unpaired) electrons. The van der Waals surface area contributed by atoms with Gasteiger partial charge in [-0.2, -0.15) is 0 Å². The van der Waals surface area contributed by atoms with Crippen molar-refractivity contribution in [3.05, 3.63) is 30.3 Å². The van der Waals surface area contributed by atoms with Crippen LogP contribution in [0, 0.1) is 0 Å². The molecule has 2 N–H and O–H groups in total. The highest BCUT2D eigenvalue weighted by molar-refractivity contribution is 5.81. The fourth-order valence-electron chi connectivity index (χ4n) is 3.09. The zero-order chi connectivity index (χ0) is 14.7. The largest absolute Gasteiger partial charge is 0.368 e. The smallest absolute Gasteiger partial charge is 0.251 e. The highest BCUT2D eigenvalue weighted by Crippen LogP contribution is 2.22. The molecular weight excluding hydrogens is 266 g/mol. The summed E-state index contributed by atoms with van der Waals surface area (Å²) >= 11 is 0. The van der Waals surface area contributed by atoms with Gasteiger partial charge in [-0.1, -0.05) is 18.2 Å². The Kier molecular flexibility index (Phi) is 4.41. The third-order valence-corrected chi connectivity index (χ3v) is 4.36. The van der Waals surface area contributed by atoms with E-state index in [1.54, 1.807) is 0 Å². The molecule has 3 rings (SSSR count). The quantitative estimate of drug-likeness (QED) is 0.896. The average molecular weight is 289 g/mol. The van der Waals surface area contributed by atoms with E-state index in [1.807, 2.05) is 23.1 Å². The lowest BCUT2D eigenvalue weighted by Gasteiger charge is -2.37. The average Bonchev–Trinajstić information content (AvgIpc) is 3.04. The van der Waals surface area contributed by atoms with Gasteiger partial charge in [0.25, 0.3) is 5.91 Å². The van der Waals surface area contributed by atoms with Crippen molar-refractivity contribution in [1.29, 1.82) is 0 Å². The molecule has 0 bridgehead atoms. The molecule has 1 aromatic carbocycles. The predicted molar refractivity (Wildman–Crippen MR) is 82.2 cm³/mol. The van der Waals surface area contributed by atoms with E-state index in [-0.39, 0.29) is 18.1 Å². The summed E-state index contributed by atoms with van der Waals surface area (Å²) in [6.07, 6.45) is 1.49.